The molecule has 0 saturated carbocycles. The van der Waals surface area contributed by atoms with Gasteiger partial charge in [-0.05, 0) is 34.1 Å². The standard InChI is InChI=1S/C13H9BrN2O3/c1-18-13(17)9-3-5-19-12(9)8-2-4-16-11(6-8)10(14)7-15-16/h2-7H,1H3. The fourth-order valence-corrected chi connectivity index (χ4v) is 2.28. The lowest BCUT2D eigenvalue weighted by molar-refractivity contribution is 0.0601. The van der Waals surface area contributed by atoms with E-state index in [1.807, 2.05) is 12.1 Å². The monoisotopic (exact) mass is 320 g/mol. The Hall–Kier alpha value is -2.08. The highest BCUT2D eigenvalue weighted by Gasteiger charge is 2.17. The van der Waals surface area contributed by atoms with Crippen LogP contribution in [0.1, 0.15) is 10.4 Å². The zero-order valence-corrected chi connectivity index (χ0v) is 11.5. The fraction of sp³-hybridized carbons (Fsp3) is 0.0769. The molecule has 5 nitrogen and oxygen atoms in total. The molecule has 0 aliphatic heterocycles. The van der Waals surface area contributed by atoms with E-state index in [2.05, 4.69) is 21.0 Å². The van der Waals surface area contributed by atoms with E-state index < -0.39 is 5.97 Å². The van der Waals surface area contributed by atoms with Gasteiger partial charge in [0, 0.05) is 11.8 Å². The second-order valence-corrected chi connectivity index (χ2v) is 4.75. The Morgan fingerprint density at radius 2 is 2.32 bits per heavy atom. The highest BCUT2D eigenvalue weighted by atomic mass is 79.9. The normalized spacial score (nSPS) is 10.8. The number of hydrogen-bond donors (Lipinski definition) is 0. The molecule has 3 aromatic rings. The zero-order valence-electron chi connectivity index (χ0n) is 9.96. The molecule has 19 heavy (non-hydrogen) atoms. The Bertz CT molecular complexity index is 760. The van der Waals surface area contributed by atoms with Crippen LogP contribution >= 0.6 is 15.9 Å². The predicted octanol–water partition coefficient (Wildman–Crippen LogP) is 3.14. The van der Waals surface area contributed by atoms with Gasteiger partial charge >= 0.3 is 5.97 Å². The number of fused-ring (bicyclic) bond motifs is 1. The maximum absolute atomic E-state index is 11.6. The van der Waals surface area contributed by atoms with Gasteiger partial charge in [-0.15, -0.1) is 0 Å². The number of nitrogens with zero attached hydrogens (tertiary/aromatic N) is 2. The van der Waals surface area contributed by atoms with Crippen LogP contribution in [0.25, 0.3) is 16.8 Å². The number of methoxy groups -OCH3 is 1. The number of halogens is 1. The number of pyridine rings is 1. The van der Waals surface area contributed by atoms with Gasteiger partial charge in [0.25, 0.3) is 0 Å². The summed E-state index contributed by atoms with van der Waals surface area (Å²) >= 11 is 3.42. The van der Waals surface area contributed by atoms with Crippen LogP contribution in [0.15, 0.2) is 45.7 Å². The molecule has 3 heterocycles. The molecule has 0 radical (unpaired) electrons. The van der Waals surface area contributed by atoms with Crippen LogP contribution in [-0.2, 0) is 4.74 Å². The maximum atomic E-state index is 11.6. The molecule has 0 aliphatic rings. The SMILES string of the molecule is COC(=O)c1ccoc1-c1ccn2ncc(Br)c2c1. The first-order valence-electron chi connectivity index (χ1n) is 5.50. The lowest BCUT2D eigenvalue weighted by Gasteiger charge is -2.02. The van der Waals surface area contributed by atoms with Gasteiger partial charge in [-0.25, -0.2) is 9.31 Å². The van der Waals surface area contributed by atoms with Gasteiger partial charge in [0.2, 0.25) is 0 Å². The molecule has 0 spiro atoms. The number of rotatable bonds is 2. The Kier molecular flexibility index (Phi) is 2.87. The lowest BCUT2D eigenvalue weighted by atomic mass is 10.1. The van der Waals surface area contributed by atoms with E-state index in [1.165, 1.54) is 13.4 Å². The molecule has 96 valence electrons. The minimum atomic E-state index is -0.420. The lowest BCUT2D eigenvalue weighted by Crippen LogP contribution is -2.01. The highest BCUT2D eigenvalue weighted by Crippen LogP contribution is 2.28. The highest BCUT2D eigenvalue weighted by molar-refractivity contribution is 9.10. The van der Waals surface area contributed by atoms with Crippen molar-refractivity contribution in [3.8, 4) is 11.3 Å². The van der Waals surface area contributed by atoms with E-state index in [0.717, 1.165) is 15.6 Å². The number of carbonyl (C=O) groups excluding carboxylic acids is 1. The number of aromatic nitrogens is 2. The van der Waals surface area contributed by atoms with Crippen molar-refractivity contribution in [2.45, 2.75) is 0 Å². The summed E-state index contributed by atoms with van der Waals surface area (Å²) in [6.07, 6.45) is 4.98. The third-order valence-corrected chi connectivity index (χ3v) is 3.42. The van der Waals surface area contributed by atoms with Gasteiger partial charge in [-0.1, -0.05) is 0 Å². The molecule has 0 aliphatic carbocycles. The third kappa shape index (κ3) is 1.94. The Morgan fingerprint density at radius 3 is 3.11 bits per heavy atom. The predicted molar refractivity (Wildman–Crippen MR) is 71.9 cm³/mol. The van der Waals surface area contributed by atoms with Gasteiger partial charge in [0.15, 0.2) is 0 Å². The summed E-state index contributed by atoms with van der Waals surface area (Å²) in [4.78, 5) is 11.6. The van der Waals surface area contributed by atoms with Crippen molar-refractivity contribution in [2.75, 3.05) is 7.11 Å². The Morgan fingerprint density at radius 1 is 1.47 bits per heavy atom. The van der Waals surface area contributed by atoms with Gasteiger partial charge in [0.05, 0.1) is 29.6 Å². The van der Waals surface area contributed by atoms with E-state index in [-0.39, 0.29) is 0 Å². The average Bonchev–Trinajstić information content (AvgIpc) is 3.05. The number of furan rings is 1. The molecule has 0 bridgehead atoms. The molecule has 3 aromatic heterocycles. The van der Waals surface area contributed by atoms with Crippen molar-refractivity contribution in [1.29, 1.82) is 0 Å². The number of hydrogen-bond acceptors (Lipinski definition) is 4. The minimum Gasteiger partial charge on any atom is -0.465 e. The second-order valence-electron chi connectivity index (χ2n) is 3.89. The van der Waals surface area contributed by atoms with E-state index >= 15 is 0 Å². The molecule has 0 N–H and O–H groups in total. The van der Waals surface area contributed by atoms with Gasteiger partial charge < -0.3 is 9.15 Å². The quantitative estimate of drug-likeness (QED) is 0.681. The van der Waals surface area contributed by atoms with Crippen LogP contribution in [0.3, 0.4) is 0 Å². The van der Waals surface area contributed by atoms with Gasteiger partial charge in [-0.2, -0.15) is 5.10 Å². The van der Waals surface area contributed by atoms with Crippen molar-refractivity contribution in [2.24, 2.45) is 0 Å². The third-order valence-electron chi connectivity index (χ3n) is 2.81. The van der Waals surface area contributed by atoms with Crippen LogP contribution in [-0.4, -0.2) is 22.7 Å². The molecule has 0 unspecified atom stereocenters. The maximum Gasteiger partial charge on any atom is 0.341 e. The van der Waals surface area contributed by atoms with Crippen LogP contribution in [0.2, 0.25) is 0 Å². The first kappa shape index (κ1) is 12.0. The van der Waals surface area contributed by atoms with Crippen LogP contribution < -0.4 is 0 Å². The summed E-state index contributed by atoms with van der Waals surface area (Å²) < 4.78 is 12.7. The van der Waals surface area contributed by atoms with Crippen LogP contribution in [0.5, 0.6) is 0 Å². The summed E-state index contributed by atoms with van der Waals surface area (Å²) in [5.41, 5.74) is 2.09. The van der Waals surface area contributed by atoms with Crippen molar-refractivity contribution in [3.05, 3.63) is 46.9 Å². The van der Waals surface area contributed by atoms with Crippen LogP contribution in [0.4, 0.5) is 0 Å². The summed E-state index contributed by atoms with van der Waals surface area (Å²) in [6.45, 7) is 0. The van der Waals surface area contributed by atoms with Gasteiger partial charge in [0.1, 0.15) is 11.3 Å². The molecular formula is C13H9BrN2O3. The molecule has 0 fully saturated rings. The first-order valence-corrected chi connectivity index (χ1v) is 6.29. The number of esters is 1. The zero-order chi connectivity index (χ0) is 13.4. The Labute approximate surface area is 116 Å². The second kappa shape index (κ2) is 4.55. The summed E-state index contributed by atoms with van der Waals surface area (Å²) in [5.74, 6) is 0.0682. The fourth-order valence-electron chi connectivity index (χ4n) is 1.90. The molecule has 6 heteroatoms. The Balaban J connectivity index is 2.16. The average molecular weight is 321 g/mol. The molecule has 0 aromatic carbocycles. The topological polar surface area (TPSA) is 56.7 Å². The van der Waals surface area contributed by atoms with E-state index in [4.69, 9.17) is 9.15 Å². The molecule has 3 rings (SSSR count). The summed E-state index contributed by atoms with van der Waals surface area (Å²) in [6, 6.07) is 5.32. The molecular weight excluding hydrogens is 312 g/mol. The van der Waals surface area contributed by atoms with Crippen LogP contribution in [0, 0.1) is 0 Å². The first-order chi connectivity index (χ1) is 9.20. The van der Waals surface area contributed by atoms with Crippen molar-refractivity contribution < 1.29 is 13.9 Å². The summed E-state index contributed by atoms with van der Waals surface area (Å²) in [5, 5.41) is 4.16. The van der Waals surface area contributed by atoms with Crippen molar-refractivity contribution in [3.63, 3.8) is 0 Å². The van der Waals surface area contributed by atoms with E-state index in [0.29, 0.717) is 11.3 Å². The summed E-state index contributed by atoms with van der Waals surface area (Å²) in [7, 11) is 1.34. The van der Waals surface area contributed by atoms with Gasteiger partial charge in [-0.3, -0.25) is 0 Å². The van der Waals surface area contributed by atoms with E-state index in [1.54, 1.807) is 23.0 Å². The number of carbonyl (C=O) groups is 1. The molecule has 0 saturated heterocycles. The minimum absolute atomic E-state index is 0.405. The largest absolute Gasteiger partial charge is 0.465 e. The number of ether oxygens (including phenoxy) is 1. The smallest absolute Gasteiger partial charge is 0.341 e. The van der Waals surface area contributed by atoms with Crippen molar-refractivity contribution in [1.82, 2.24) is 9.61 Å². The van der Waals surface area contributed by atoms with Crippen molar-refractivity contribution >= 4 is 27.4 Å². The molecule has 0 atom stereocenters. The van der Waals surface area contributed by atoms with E-state index in [9.17, 15) is 4.79 Å². The molecule has 0 amide bonds.